The highest BCUT2D eigenvalue weighted by molar-refractivity contribution is 5.85. The molecule has 1 aliphatic heterocycles. The van der Waals surface area contributed by atoms with Gasteiger partial charge in [0.25, 0.3) is 0 Å². The Morgan fingerprint density at radius 1 is 1.16 bits per heavy atom. The lowest BCUT2D eigenvalue weighted by Crippen LogP contribution is -2.36. The van der Waals surface area contributed by atoms with E-state index < -0.39 is 0 Å². The molecule has 4 aromatic rings. The Morgan fingerprint density at radius 2 is 2.00 bits per heavy atom. The molecule has 0 fully saturated rings. The van der Waals surface area contributed by atoms with Crippen LogP contribution in [-0.4, -0.2) is 26.6 Å². The van der Waals surface area contributed by atoms with Crippen molar-refractivity contribution in [2.24, 2.45) is 0 Å². The van der Waals surface area contributed by atoms with Crippen LogP contribution in [0.1, 0.15) is 42.3 Å². The summed E-state index contributed by atoms with van der Waals surface area (Å²) in [6.45, 7) is 6.15. The molecule has 0 saturated carbocycles. The van der Waals surface area contributed by atoms with E-state index >= 15 is 0 Å². The molecule has 0 amide bonds. The number of nitrogens with one attached hydrogen (secondary N) is 1. The number of rotatable bonds is 7. The molecule has 0 aliphatic carbocycles. The third-order valence-corrected chi connectivity index (χ3v) is 6.31. The van der Waals surface area contributed by atoms with Crippen LogP contribution < -0.4 is 4.74 Å². The van der Waals surface area contributed by atoms with E-state index in [1.54, 1.807) is 0 Å². The number of aromatic amines is 1. The summed E-state index contributed by atoms with van der Waals surface area (Å²) in [5.74, 6) is 0.840. The minimum absolute atomic E-state index is 0.322. The summed E-state index contributed by atoms with van der Waals surface area (Å²) in [4.78, 5) is 3.65. The number of benzene rings is 2. The molecule has 0 radical (unpaired) electrons. The van der Waals surface area contributed by atoms with Gasteiger partial charge in [-0.15, -0.1) is 5.10 Å². The molecule has 0 saturated heterocycles. The third-order valence-electron chi connectivity index (χ3n) is 6.31. The zero-order valence-electron chi connectivity index (χ0n) is 18.1. The van der Waals surface area contributed by atoms with Crippen molar-refractivity contribution in [3.8, 4) is 5.75 Å². The lowest BCUT2D eigenvalue weighted by molar-refractivity contribution is -0.0749. The standard InChI is InChI=1S/C25H28N4O2/c1-3-25(24-22(12-15-31-25)21-6-4-5-7-23(21)26-24)13-14-29-16-19(27-28-29)17-30-20-10-8-18(2)9-11-20/h4-11,16,26H,3,12-15,17H2,1-2H3. The van der Waals surface area contributed by atoms with Gasteiger partial charge in [0, 0.05) is 23.9 Å². The lowest BCUT2D eigenvalue weighted by Gasteiger charge is -2.36. The molecule has 0 bridgehead atoms. The molecule has 31 heavy (non-hydrogen) atoms. The summed E-state index contributed by atoms with van der Waals surface area (Å²) in [5.41, 5.74) is 5.53. The van der Waals surface area contributed by atoms with Gasteiger partial charge in [-0.3, -0.25) is 4.68 Å². The maximum Gasteiger partial charge on any atom is 0.134 e. The Morgan fingerprint density at radius 3 is 2.84 bits per heavy atom. The summed E-state index contributed by atoms with van der Waals surface area (Å²) >= 11 is 0. The monoisotopic (exact) mass is 416 g/mol. The highest BCUT2D eigenvalue weighted by Gasteiger charge is 2.38. The predicted molar refractivity (Wildman–Crippen MR) is 120 cm³/mol. The van der Waals surface area contributed by atoms with Crippen LogP contribution in [0.4, 0.5) is 0 Å². The predicted octanol–water partition coefficient (Wildman–Crippen LogP) is 4.92. The van der Waals surface area contributed by atoms with Gasteiger partial charge >= 0.3 is 0 Å². The number of aryl methyl sites for hydroxylation is 2. The molecule has 160 valence electrons. The van der Waals surface area contributed by atoms with E-state index in [1.807, 2.05) is 35.1 Å². The van der Waals surface area contributed by atoms with Gasteiger partial charge < -0.3 is 14.5 Å². The third kappa shape index (κ3) is 3.83. The normalized spacial score (nSPS) is 18.3. The van der Waals surface area contributed by atoms with Gasteiger partial charge in [-0.2, -0.15) is 0 Å². The van der Waals surface area contributed by atoms with Crippen molar-refractivity contribution in [2.75, 3.05) is 6.61 Å². The second kappa shape index (κ2) is 8.19. The van der Waals surface area contributed by atoms with Crippen LogP contribution in [-0.2, 0) is 29.9 Å². The van der Waals surface area contributed by atoms with Gasteiger partial charge in [-0.1, -0.05) is 48.0 Å². The molecule has 2 aromatic heterocycles. The average Bonchev–Trinajstić information content (AvgIpc) is 3.42. The molecular weight excluding hydrogens is 388 g/mol. The topological polar surface area (TPSA) is 65.0 Å². The molecular formula is C25H28N4O2. The van der Waals surface area contributed by atoms with Crippen LogP contribution in [0.2, 0.25) is 0 Å². The fourth-order valence-corrected chi connectivity index (χ4v) is 4.52. The quantitative estimate of drug-likeness (QED) is 0.465. The largest absolute Gasteiger partial charge is 0.487 e. The number of ether oxygens (including phenoxy) is 2. The van der Waals surface area contributed by atoms with Gasteiger partial charge in [0.2, 0.25) is 0 Å². The van der Waals surface area contributed by atoms with Crippen LogP contribution in [0.3, 0.4) is 0 Å². The van der Waals surface area contributed by atoms with Gasteiger partial charge in [0.05, 0.1) is 18.5 Å². The van der Waals surface area contributed by atoms with Crippen LogP contribution in [0.25, 0.3) is 10.9 Å². The maximum absolute atomic E-state index is 6.40. The Kier molecular flexibility index (Phi) is 5.24. The number of hydrogen-bond acceptors (Lipinski definition) is 4. The molecule has 1 N–H and O–H groups in total. The second-order valence-electron chi connectivity index (χ2n) is 8.30. The second-order valence-corrected chi connectivity index (χ2v) is 8.30. The first-order valence-electron chi connectivity index (χ1n) is 11.0. The minimum atomic E-state index is -0.322. The van der Waals surface area contributed by atoms with Crippen LogP contribution in [0.5, 0.6) is 5.75 Å². The van der Waals surface area contributed by atoms with E-state index in [2.05, 4.69) is 53.4 Å². The van der Waals surface area contributed by atoms with Crippen LogP contribution >= 0.6 is 0 Å². The van der Waals surface area contributed by atoms with Crippen molar-refractivity contribution in [3.63, 3.8) is 0 Å². The molecule has 6 nitrogen and oxygen atoms in total. The van der Waals surface area contributed by atoms with E-state index in [1.165, 1.54) is 27.7 Å². The Labute approximate surface area is 182 Å². The van der Waals surface area contributed by atoms with Gasteiger partial charge in [0.1, 0.15) is 23.7 Å². The zero-order chi connectivity index (χ0) is 21.3. The van der Waals surface area contributed by atoms with Gasteiger partial charge in [-0.25, -0.2) is 0 Å². The first-order valence-corrected chi connectivity index (χ1v) is 11.0. The highest BCUT2D eigenvalue weighted by Crippen LogP contribution is 2.41. The van der Waals surface area contributed by atoms with E-state index in [0.717, 1.165) is 43.9 Å². The fourth-order valence-electron chi connectivity index (χ4n) is 4.52. The molecule has 1 atom stereocenters. The molecule has 3 heterocycles. The number of nitrogens with zero attached hydrogens (tertiary/aromatic N) is 3. The molecule has 1 aliphatic rings. The van der Waals surface area contributed by atoms with Gasteiger partial charge in [-0.05, 0) is 43.5 Å². The van der Waals surface area contributed by atoms with Crippen molar-refractivity contribution in [2.45, 2.75) is 51.9 Å². The van der Waals surface area contributed by atoms with Crippen LogP contribution in [0, 0.1) is 6.92 Å². The van der Waals surface area contributed by atoms with Crippen molar-refractivity contribution in [3.05, 3.63) is 77.2 Å². The fraction of sp³-hybridized carbons (Fsp3) is 0.360. The number of hydrogen-bond donors (Lipinski definition) is 1. The summed E-state index contributed by atoms with van der Waals surface area (Å²) < 4.78 is 14.1. The van der Waals surface area contributed by atoms with Gasteiger partial charge in [0.15, 0.2) is 0 Å². The van der Waals surface area contributed by atoms with E-state index in [9.17, 15) is 0 Å². The highest BCUT2D eigenvalue weighted by atomic mass is 16.5. The maximum atomic E-state index is 6.40. The molecule has 6 heteroatoms. The SMILES string of the molecule is CCC1(CCn2cc(COc3ccc(C)cc3)nn2)OCCc2c1[nH]c1ccccc21. The Bertz CT molecular complexity index is 1180. The van der Waals surface area contributed by atoms with E-state index in [-0.39, 0.29) is 5.60 Å². The van der Waals surface area contributed by atoms with Crippen molar-refractivity contribution < 1.29 is 9.47 Å². The first-order chi connectivity index (χ1) is 15.2. The van der Waals surface area contributed by atoms with Crippen molar-refractivity contribution >= 4 is 10.9 Å². The van der Waals surface area contributed by atoms with E-state index in [0.29, 0.717) is 6.61 Å². The number of H-pyrrole nitrogens is 1. The molecule has 1 unspecified atom stereocenters. The average molecular weight is 417 g/mol. The summed E-state index contributed by atoms with van der Waals surface area (Å²) in [6.07, 6.45) is 4.66. The smallest absolute Gasteiger partial charge is 0.134 e. The first kappa shape index (κ1) is 19.8. The Balaban J connectivity index is 1.29. The summed E-state index contributed by atoms with van der Waals surface area (Å²) in [6, 6.07) is 16.6. The number of para-hydroxylation sites is 1. The molecule has 2 aromatic carbocycles. The zero-order valence-corrected chi connectivity index (χ0v) is 18.1. The van der Waals surface area contributed by atoms with Crippen molar-refractivity contribution in [1.82, 2.24) is 20.0 Å². The Hall–Kier alpha value is -3.12. The number of aromatic nitrogens is 4. The molecule has 0 spiro atoms. The lowest BCUT2D eigenvalue weighted by atomic mass is 9.86. The minimum Gasteiger partial charge on any atom is -0.487 e. The van der Waals surface area contributed by atoms with Crippen LogP contribution in [0.15, 0.2) is 54.7 Å². The number of fused-ring (bicyclic) bond motifs is 3. The molecule has 5 rings (SSSR count). The summed E-state index contributed by atoms with van der Waals surface area (Å²) in [5, 5.41) is 9.91. The summed E-state index contributed by atoms with van der Waals surface area (Å²) in [7, 11) is 0. The van der Waals surface area contributed by atoms with E-state index in [4.69, 9.17) is 9.47 Å². The van der Waals surface area contributed by atoms with Crippen molar-refractivity contribution in [1.29, 1.82) is 0 Å².